The maximum atomic E-state index is 5.79. The Labute approximate surface area is 81.2 Å². The topological polar surface area (TPSA) is 9.23 Å². The predicted molar refractivity (Wildman–Crippen MR) is 59.7 cm³/mol. The number of hydrogen-bond donors (Lipinski definition) is 0. The van der Waals surface area contributed by atoms with Gasteiger partial charge < -0.3 is 4.43 Å². The van der Waals surface area contributed by atoms with E-state index in [0.717, 1.165) is 0 Å². The third-order valence-electron chi connectivity index (χ3n) is 2.03. The molecule has 0 aliphatic rings. The van der Waals surface area contributed by atoms with E-state index in [4.69, 9.17) is 4.43 Å². The third kappa shape index (κ3) is 2.83. The van der Waals surface area contributed by atoms with Gasteiger partial charge in [0.1, 0.15) is 0 Å². The molecule has 0 radical (unpaired) electrons. The molecule has 1 aromatic rings. The highest BCUT2D eigenvalue weighted by atomic mass is 28.4. The summed E-state index contributed by atoms with van der Waals surface area (Å²) in [4.78, 5) is 0. The lowest BCUT2D eigenvalue weighted by atomic mass is 10.4. The summed E-state index contributed by atoms with van der Waals surface area (Å²) in [6.07, 6.45) is 1.80. The second-order valence-corrected chi connectivity index (χ2v) is 7.36. The van der Waals surface area contributed by atoms with Gasteiger partial charge in [-0.15, -0.1) is 6.58 Å². The van der Waals surface area contributed by atoms with Crippen LogP contribution in [0.5, 0.6) is 0 Å². The Morgan fingerprint density at radius 3 is 2.46 bits per heavy atom. The molecule has 0 aliphatic heterocycles. The van der Waals surface area contributed by atoms with Crippen LogP contribution in [0.2, 0.25) is 13.1 Å². The summed E-state index contributed by atoms with van der Waals surface area (Å²) in [6, 6.07) is 10.4. The highest BCUT2D eigenvalue weighted by Crippen LogP contribution is 2.04. The minimum atomic E-state index is -1.67. The first-order chi connectivity index (χ1) is 6.17. The summed E-state index contributed by atoms with van der Waals surface area (Å²) in [5, 5.41) is 1.33. The van der Waals surface area contributed by atoms with Crippen LogP contribution in [0.25, 0.3) is 0 Å². The Hall–Kier alpha value is -0.863. The summed E-state index contributed by atoms with van der Waals surface area (Å²) in [6.45, 7) is 8.70. The van der Waals surface area contributed by atoms with Crippen LogP contribution in [0, 0.1) is 0 Å². The van der Waals surface area contributed by atoms with Crippen LogP contribution in [0.15, 0.2) is 43.0 Å². The van der Waals surface area contributed by atoms with Crippen LogP contribution in [0.4, 0.5) is 0 Å². The summed E-state index contributed by atoms with van der Waals surface area (Å²) < 4.78 is 5.79. The van der Waals surface area contributed by atoms with Crippen LogP contribution >= 0.6 is 0 Å². The average molecular weight is 192 g/mol. The molecule has 0 N–H and O–H groups in total. The first kappa shape index (κ1) is 10.2. The second-order valence-electron chi connectivity index (χ2n) is 3.48. The van der Waals surface area contributed by atoms with Gasteiger partial charge in [-0.2, -0.15) is 0 Å². The van der Waals surface area contributed by atoms with Gasteiger partial charge in [-0.1, -0.05) is 36.4 Å². The zero-order chi connectivity index (χ0) is 9.73. The van der Waals surface area contributed by atoms with Crippen LogP contribution in [-0.2, 0) is 4.43 Å². The Morgan fingerprint density at radius 1 is 1.31 bits per heavy atom. The fourth-order valence-electron chi connectivity index (χ4n) is 1.19. The molecule has 0 spiro atoms. The van der Waals surface area contributed by atoms with Crippen molar-refractivity contribution >= 4 is 13.5 Å². The predicted octanol–water partition coefficient (Wildman–Crippen LogP) is 2.30. The molecule has 0 unspecified atom stereocenters. The molecule has 0 heterocycles. The maximum Gasteiger partial charge on any atom is 0.218 e. The average Bonchev–Trinajstić information content (AvgIpc) is 2.16. The Balaban J connectivity index is 2.74. The minimum absolute atomic E-state index is 0.647. The van der Waals surface area contributed by atoms with E-state index in [1.54, 1.807) is 6.08 Å². The van der Waals surface area contributed by atoms with E-state index in [9.17, 15) is 0 Å². The summed E-state index contributed by atoms with van der Waals surface area (Å²) in [5.41, 5.74) is 0. The SMILES string of the molecule is C=CCO[Si](C)(C)c1ccccc1. The van der Waals surface area contributed by atoms with Gasteiger partial charge in [0, 0.05) is 0 Å². The lowest BCUT2D eigenvalue weighted by Crippen LogP contribution is -2.44. The van der Waals surface area contributed by atoms with Gasteiger partial charge in [0.05, 0.1) is 6.61 Å². The molecule has 0 amide bonds. The van der Waals surface area contributed by atoms with Crippen molar-refractivity contribution in [2.24, 2.45) is 0 Å². The summed E-state index contributed by atoms with van der Waals surface area (Å²) in [5.74, 6) is 0. The monoisotopic (exact) mass is 192 g/mol. The van der Waals surface area contributed by atoms with Gasteiger partial charge >= 0.3 is 0 Å². The van der Waals surface area contributed by atoms with Crippen molar-refractivity contribution in [1.29, 1.82) is 0 Å². The third-order valence-corrected chi connectivity index (χ3v) is 4.64. The van der Waals surface area contributed by atoms with Crippen molar-refractivity contribution in [3.05, 3.63) is 43.0 Å². The molecule has 1 rings (SSSR count). The largest absolute Gasteiger partial charge is 0.409 e. The molecular formula is C11H16OSi. The number of benzene rings is 1. The van der Waals surface area contributed by atoms with Crippen LogP contribution in [0.1, 0.15) is 0 Å². The smallest absolute Gasteiger partial charge is 0.218 e. The fraction of sp³-hybridized carbons (Fsp3) is 0.273. The molecule has 1 nitrogen and oxygen atoms in total. The molecule has 1 aromatic carbocycles. The van der Waals surface area contributed by atoms with E-state index in [1.807, 2.05) is 6.07 Å². The Kier molecular flexibility index (Phi) is 3.45. The normalized spacial score (nSPS) is 11.2. The minimum Gasteiger partial charge on any atom is -0.409 e. The van der Waals surface area contributed by atoms with Gasteiger partial charge in [0.15, 0.2) is 0 Å². The number of rotatable bonds is 4. The van der Waals surface area contributed by atoms with Crippen molar-refractivity contribution in [3.63, 3.8) is 0 Å². The van der Waals surface area contributed by atoms with Crippen molar-refractivity contribution in [2.75, 3.05) is 6.61 Å². The highest BCUT2D eigenvalue weighted by Gasteiger charge is 2.23. The van der Waals surface area contributed by atoms with Gasteiger partial charge in [0.2, 0.25) is 8.32 Å². The van der Waals surface area contributed by atoms with Crippen LogP contribution in [0.3, 0.4) is 0 Å². The quantitative estimate of drug-likeness (QED) is 0.525. The lowest BCUT2D eigenvalue weighted by molar-refractivity contribution is 0.363. The van der Waals surface area contributed by atoms with Gasteiger partial charge in [-0.25, -0.2) is 0 Å². The maximum absolute atomic E-state index is 5.79. The van der Waals surface area contributed by atoms with Gasteiger partial charge in [-0.05, 0) is 18.3 Å². The molecule has 0 aromatic heterocycles. The lowest BCUT2D eigenvalue weighted by Gasteiger charge is -2.22. The van der Waals surface area contributed by atoms with Crippen LogP contribution in [-0.4, -0.2) is 14.9 Å². The molecule has 0 saturated carbocycles. The van der Waals surface area contributed by atoms with Crippen LogP contribution < -0.4 is 5.19 Å². The molecule has 0 fully saturated rings. The van der Waals surface area contributed by atoms with E-state index >= 15 is 0 Å². The Bertz CT molecular complexity index is 267. The first-order valence-corrected chi connectivity index (χ1v) is 7.38. The summed E-state index contributed by atoms with van der Waals surface area (Å²) >= 11 is 0. The molecule has 2 heteroatoms. The molecule has 70 valence electrons. The van der Waals surface area contributed by atoms with E-state index < -0.39 is 8.32 Å². The van der Waals surface area contributed by atoms with E-state index in [2.05, 4.69) is 43.9 Å². The van der Waals surface area contributed by atoms with Gasteiger partial charge in [0.25, 0.3) is 0 Å². The molecule has 0 aliphatic carbocycles. The fourth-order valence-corrected chi connectivity index (χ4v) is 2.89. The zero-order valence-electron chi connectivity index (χ0n) is 8.29. The number of hydrogen-bond acceptors (Lipinski definition) is 1. The second kappa shape index (κ2) is 4.39. The van der Waals surface area contributed by atoms with E-state index in [0.29, 0.717) is 6.61 Å². The molecule has 0 atom stereocenters. The molecular weight excluding hydrogens is 176 g/mol. The standard InChI is InChI=1S/C11H16OSi/c1-4-10-12-13(2,3)11-8-6-5-7-9-11/h4-9H,1,10H2,2-3H3. The van der Waals surface area contributed by atoms with Crippen molar-refractivity contribution < 1.29 is 4.43 Å². The van der Waals surface area contributed by atoms with Crippen molar-refractivity contribution in [3.8, 4) is 0 Å². The van der Waals surface area contributed by atoms with Gasteiger partial charge in [-0.3, -0.25) is 0 Å². The molecule has 0 saturated heterocycles. The van der Waals surface area contributed by atoms with Crippen molar-refractivity contribution in [2.45, 2.75) is 13.1 Å². The molecule has 13 heavy (non-hydrogen) atoms. The molecule has 0 bridgehead atoms. The highest BCUT2D eigenvalue weighted by molar-refractivity contribution is 6.84. The van der Waals surface area contributed by atoms with Crippen molar-refractivity contribution in [1.82, 2.24) is 0 Å². The first-order valence-electron chi connectivity index (χ1n) is 4.47. The zero-order valence-corrected chi connectivity index (χ0v) is 9.29. The Morgan fingerprint density at radius 2 is 1.92 bits per heavy atom. The van der Waals surface area contributed by atoms with E-state index in [1.165, 1.54) is 5.19 Å². The van der Waals surface area contributed by atoms with E-state index in [-0.39, 0.29) is 0 Å². The summed E-state index contributed by atoms with van der Waals surface area (Å²) in [7, 11) is -1.67.